The van der Waals surface area contributed by atoms with Crippen LogP contribution in [0.15, 0.2) is 30.9 Å². The highest BCUT2D eigenvalue weighted by Gasteiger charge is 2.08. The number of carbonyl (C=O) groups is 1. The van der Waals surface area contributed by atoms with Crippen molar-refractivity contribution >= 4 is 11.7 Å². The van der Waals surface area contributed by atoms with Crippen LogP contribution in [0.1, 0.15) is 23.0 Å². The third kappa shape index (κ3) is 3.57. The first-order chi connectivity index (χ1) is 9.72. The third-order valence-electron chi connectivity index (χ3n) is 2.97. The van der Waals surface area contributed by atoms with Gasteiger partial charge in [0.25, 0.3) is 5.91 Å². The number of hydrogen-bond acceptors (Lipinski definition) is 4. The van der Waals surface area contributed by atoms with Crippen molar-refractivity contribution in [3.63, 3.8) is 0 Å². The van der Waals surface area contributed by atoms with Crippen LogP contribution in [0.3, 0.4) is 0 Å². The number of aryl methyl sites for hydroxylation is 1. The van der Waals surface area contributed by atoms with Gasteiger partial charge in [0.05, 0.1) is 6.33 Å². The predicted octanol–water partition coefficient (Wildman–Crippen LogP) is 1.31. The molecule has 1 amide bonds. The second-order valence-corrected chi connectivity index (χ2v) is 4.39. The Morgan fingerprint density at radius 2 is 2.25 bits per heavy atom. The zero-order chi connectivity index (χ0) is 14.4. The summed E-state index contributed by atoms with van der Waals surface area (Å²) >= 11 is 0. The summed E-state index contributed by atoms with van der Waals surface area (Å²) in [6, 6.07) is 3.58. The fraction of sp³-hybridized carbons (Fsp3) is 0.357. The molecule has 0 unspecified atom stereocenters. The molecule has 0 saturated carbocycles. The largest absolute Gasteiger partial charge is 0.373 e. The maximum absolute atomic E-state index is 12.1. The number of nitrogens with zero attached hydrogens (tertiary/aromatic N) is 3. The lowest BCUT2D eigenvalue weighted by Gasteiger charge is -2.09. The van der Waals surface area contributed by atoms with Crippen molar-refractivity contribution in [1.82, 2.24) is 19.9 Å². The van der Waals surface area contributed by atoms with Gasteiger partial charge >= 0.3 is 0 Å². The van der Waals surface area contributed by atoms with Gasteiger partial charge in [-0.15, -0.1) is 0 Å². The Balaban J connectivity index is 1.97. The summed E-state index contributed by atoms with van der Waals surface area (Å²) in [4.78, 5) is 20.4. The molecular formula is C14H19N5O. The minimum atomic E-state index is -0.0845. The number of aromatic nitrogens is 3. The van der Waals surface area contributed by atoms with Crippen LogP contribution in [0.5, 0.6) is 0 Å². The quantitative estimate of drug-likeness (QED) is 0.832. The molecule has 0 aliphatic carbocycles. The number of carbonyl (C=O) groups excluding carboxylic acids is 1. The standard InChI is InChI=1S/C14H19N5O/c1-3-12-8-11(9-13(15-2)18-12)14(20)17-5-7-19-6-4-16-10-19/h4,6,8-10H,3,5,7H2,1-2H3,(H,15,18)(H,17,20). The Labute approximate surface area is 118 Å². The van der Waals surface area contributed by atoms with Crippen LogP contribution < -0.4 is 10.6 Å². The minimum absolute atomic E-state index is 0.0845. The van der Waals surface area contributed by atoms with Crippen LogP contribution in [-0.4, -0.2) is 34.0 Å². The zero-order valence-corrected chi connectivity index (χ0v) is 11.8. The van der Waals surface area contributed by atoms with Crippen LogP contribution in [0.4, 0.5) is 5.82 Å². The summed E-state index contributed by atoms with van der Waals surface area (Å²) in [5.74, 6) is 0.628. The number of amides is 1. The Hall–Kier alpha value is -2.37. The third-order valence-corrected chi connectivity index (χ3v) is 2.97. The van der Waals surface area contributed by atoms with Gasteiger partial charge in [0, 0.05) is 43.8 Å². The number of pyridine rings is 1. The highest BCUT2D eigenvalue weighted by atomic mass is 16.1. The topological polar surface area (TPSA) is 71.8 Å². The summed E-state index contributed by atoms with van der Waals surface area (Å²) < 4.78 is 1.92. The summed E-state index contributed by atoms with van der Waals surface area (Å²) in [6.07, 6.45) is 6.11. The molecule has 0 radical (unpaired) electrons. The number of imidazole rings is 1. The van der Waals surface area contributed by atoms with Crippen molar-refractivity contribution in [3.8, 4) is 0 Å². The van der Waals surface area contributed by atoms with E-state index in [1.54, 1.807) is 25.6 Å². The van der Waals surface area contributed by atoms with Gasteiger partial charge in [0.2, 0.25) is 0 Å². The Bertz CT molecular complexity index is 543. The Morgan fingerprint density at radius 3 is 2.90 bits per heavy atom. The van der Waals surface area contributed by atoms with Crippen LogP contribution >= 0.6 is 0 Å². The van der Waals surface area contributed by atoms with Gasteiger partial charge < -0.3 is 15.2 Å². The molecule has 2 aromatic heterocycles. The summed E-state index contributed by atoms with van der Waals surface area (Å²) in [5.41, 5.74) is 1.53. The molecule has 2 heterocycles. The maximum Gasteiger partial charge on any atom is 0.251 e. The molecule has 0 spiro atoms. The molecule has 106 valence electrons. The Kier molecular flexibility index (Phi) is 4.70. The van der Waals surface area contributed by atoms with E-state index in [1.807, 2.05) is 23.8 Å². The number of hydrogen-bond donors (Lipinski definition) is 2. The molecule has 0 saturated heterocycles. The van der Waals surface area contributed by atoms with E-state index >= 15 is 0 Å². The molecule has 0 atom stereocenters. The molecule has 0 aromatic carbocycles. The molecule has 0 fully saturated rings. The number of rotatable bonds is 6. The van der Waals surface area contributed by atoms with E-state index in [4.69, 9.17) is 0 Å². The second kappa shape index (κ2) is 6.70. The van der Waals surface area contributed by atoms with Crippen LogP contribution in [0.2, 0.25) is 0 Å². The fourth-order valence-corrected chi connectivity index (χ4v) is 1.85. The first-order valence-corrected chi connectivity index (χ1v) is 6.65. The fourth-order valence-electron chi connectivity index (χ4n) is 1.85. The predicted molar refractivity (Wildman–Crippen MR) is 77.7 cm³/mol. The number of nitrogens with one attached hydrogen (secondary N) is 2. The molecule has 6 nitrogen and oxygen atoms in total. The zero-order valence-electron chi connectivity index (χ0n) is 11.8. The molecule has 0 aliphatic heterocycles. The lowest BCUT2D eigenvalue weighted by molar-refractivity contribution is 0.0952. The van der Waals surface area contributed by atoms with Gasteiger partial charge in [-0.2, -0.15) is 0 Å². The smallest absolute Gasteiger partial charge is 0.251 e. The van der Waals surface area contributed by atoms with Crippen molar-refractivity contribution in [3.05, 3.63) is 42.1 Å². The van der Waals surface area contributed by atoms with Crippen molar-refractivity contribution < 1.29 is 4.79 Å². The lowest BCUT2D eigenvalue weighted by Crippen LogP contribution is -2.27. The van der Waals surface area contributed by atoms with E-state index < -0.39 is 0 Å². The Morgan fingerprint density at radius 1 is 1.40 bits per heavy atom. The normalized spacial score (nSPS) is 10.3. The van der Waals surface area contributed by atoms with Crippen LogP contribution in [-0.2, 0) is 13.0 Å². The van der Waals surface area contributed by atoms with E-state index in [0.717, 1.165) is 12.1 Å². The number of anilines is 1. The van der Waals surface area contributed by atoms with E-state index in [1.165, 1.54) is 0 Å². The second-order valence-electron chi connectivity index (χ2n) is 4.39. The lowest BCUT2D eigenvalue weighted by atomic mass is 10.2. The molecule has 6 heteroatoms. The van der Waals surface area contributed by atoms with E-state index in [9.17, 15) is 4.79 Å². The molecule has 2 rings (SSSR count). The van der Waals surface area contributed by atoms with Gasteiger partial charge in [-0.05, 0) is 18.6 Å². The van der Waals surface area contributed by atoms with Crippen molar-refractivity contribution in [1.29, 1.82) is 0 Å². The van der Waals surface area contributed by atoms with Crippen molar-refractivity contribution in [2.75, 3.05) is 18.9 Å². The van der Waals surface area contributed by atoms with Gasteiger partial charge in [0.1, 0.15) is 5.82 Å². The summed E-state index contributed by atoms with van der Waals surface area (Å²) in [6.45, 7) is 3.28. The first-order valence-electron chi connectivity index (χ1n) is 6.65. The highest BCUT2D eigenvalue weighted by molar-refractivity contribution is 5.94. The minimum Gasteiger partial charge on any atom is -0.373 e. The first kappa shape index (κ1) is 14.0. The molecule has 2 N–H and O–H groups in total. The molecule has 2 aromatic rings. The maximum atomic E-state index is 12.1. The van der Waals surface area contributed by atoms with Gasteiger partial charge in [-0.3, -0.25) is 4.79 Å². The van der Waals surface area contributed by atoms with Gasteiger partial charge in [-0.25, -0.2) is 9.97 Å². The van der Waals surface area contributed by atoms with E-state index in [2.05, 4.69) is 20.6 Å². The SMILES string of the molecule is CCc1cc(C(=O)NCCn2ccnc2)cc(NC)n1. The molecule has 0 bridgehead atoms. The van der Waals surface area contributed by atoms with E-state index in [0.29, 0.717) is 24.5 Å². The highest BCUT2D eigenvalue weighted by Crippen LogP contribution is 2.10. The van der Waals surface area contributed by atoms with Crippen LogP contribution in [0, 0.1) is 0 Å². The summed E-state index contributed by atoms with van der Waals surface area (Å²) in [5, 5.41) is 5.87. The van der Waals surface area contributed by atoms with E-state index in [-0.39, 0.29) is 5.91 Å². The van der Waals surface area contributed by atoms with Gasteiger partial charge in [0.15, 0.2) is 0 Å². The average molecular weight is 273 g/mol. The van der Waals surface area contributed by atoms with Crippen molar-refractivity contribution in [2.45, 2.75) is 19.9 Å². The molecule has 0 aliphatic rings. The average Bonchev–Trinajstić information content (AvgIpc) is 2.99. The molecule has 20 heavy (non-hydrogen) atoms. The van der Waals surface area contributed by atoms with Crippen molar-refractivity contribution in [2.24, 2.45) is 0 Å². The van der Waals surface area contributed by atoms with Gasteiger partial charge in [-0.1, -0.05) is 6.92 Å². The van der Waals surface area contributed by atoms with Crippen LogP contribution in [0.25, 0.3) is 0 Å². The monoisotopic (exact) mass is 273 g/mol. The summed E-state index contributed by atoms with van der Waals surface area (Å²) in [7, 11) is 1.79. The molecular weight excluding hydrogens is 254 g/mol.